The topological polar surface area (TPSA) is 27.0 Å². The summed E-state index contributed by atoms with van der Waals surface area (Å²) in [5, 5.41) is 9.00. The zero-order valence-electron chi connectivity index (χ0n) is 15.4. The molecule has 0 spiro atoms. The van der Waals surface area contributed by atoms with E-state index in [1.807, 2.05) is 30.3 Å². The quantitative estimate of drug-likeness (QED) is 0.672. The van der Waals surface area contributed by atoms with Crippen molar-refractivity contribution in [3.8, 4) is 6.07 Å². The molecule has 0 aliphatic carbocycles. The molecular weight excluding hydrogens is 361 g/mol. The molecule has 4 rings (SSSR count). The van der Waals surface area contributed by atoms with Crippen LogP contribution in [-0.4, -0.2) is 17.0 Å². The van der Waals surface area contributed by atoms with Crippen molar-refractivity contribution in [2.75, 3.05) is 0 Å². The van der Waals surface area contributed by atoms with E-state index in [0.29, 0.717) is 6.42 Å². The number of alkyl halides is 3. The third-order valence-corrected chi connectivity index (χ3v) is 5.79. The van der Waals surface area contributed by atoms with Crippen LogP contribution in [0.5, 0.6) is 0 Å². The van der Waals surface area contributed by atoms with Crippen molar-refractivity contribution in [1.29, 1.82) is 5.26 Å². The molecule has 2 aromatic rings. The van der Waals surface area contributed by atoms with E-state index in [4.69, 9.17) is 5.26 Å². The van der Waals surface area contributed by atoms with E-state index >= 15 is 0 Å². The smallest absolute Gasteiger partial charge is 0.289 e. The highest BCUT2D eigenvalue weighted by atomic mass is 19.4. The average molecular weight is 382 g/mol. The second-order valence-electron chi connectivity index (χ2n) is 7.58. The maximum Gasteiger partial charge on any atom is 0.417 e. The molecular formula is C23H21F3N2. The molecule has 1 fully saturated rings. The highest BCUT2D eigenvalue weighted by Gasteiger charge is 2.38. The highest BCUT2D eigenvalue weighted by Crippen LogP contribution is 2.42. The molecule has 2 aliphatic heterocycles. The molecule has 2 heterocycles. The molecule has 1 saturated heterocycles. The van der Waals surface area contributed by atoms with E-state index in [2.05, 4.69) is 17.0 Å². The van der Waals surface area contributed by atoms with Crippen molar-refractivity contribution in [3.05, 3.63) is 76.9 Å². The van der Waals surface area contributed by atoms with E-state index in [-0.39, 0.29) is 23.2 Å². The summed E-state index contributed by atoms with van der Waals surface area (Å²) in [5.41, 5.74) is 1.55. The van der Waals surface area contributed by atoms with Crippen LogP contribution in [-0.2, 0) is 12.7 Å². The Bertz CT molecular complexity index is 925. The first-order valence-corrected chi connectivity index (χ1v) is 9.58. The fourth-order valence-electron chi connectivity index (χ4n) is 4.49. The third-order valence-electron chi connectivity index (χ3n) is 5.79. The van der Waals surface area contributed by atoms with Crippen LogP contribution in [0.25, 0.3) is 5.57 Å². The minimum absolute atomic E-state index is 0.0402. The van der Waals surface area contributed by atoms with Crippen LogP contribution in [0.2, 0.25) is 0 Å². The maximum absolute atomic E-state index is 13.6. The van der Waals surface area contributed by atoms with Gasteiger partial charge in [0, 0.05) is 18.6 Å². The summed E-state index contributed by atoms with van der Waals surface area (Å²) < 4.78 is 40.9. The molecule has 2 nitrogen and oxygen atoms in total. The number of hydrogen-bond donors (Lipinski definition) is 0. The number of benzene rings is 2. The zero-order chi connectivity index (χ0) is 19.7. The Morgan fingerprint density at radius 1 is 1.07 bits per heavy atom. The SMILES string of the molecule is N#Cc1ccc(C2=CC3CCCC(C2)N3Cc2ccccc2)c(C(F)(F)F)c1. The van der Waals surface area contributed by atoms with Crippen LogP contribution >= 0.6 is 0 Å². The Labute approximate surface area is 162 Å². The van der Waals surface area contributed by atoms with Crippen molar-refractivity contribution in [2.45, 2.75) is 50.5 Å². The number of rotatable bonds is 3. The van der Waals surface area contributed by atoms with E-state index in [1.54, 1.807) is 0 Å². The van der Waals surface area contributed by atoms with Crippen LogP contribution in [0.4, 0.5) is 13.2 Å². The number of fused-ring (bicyclic) bond motifs is 2. The van der Waals surface area contributed by atoms with Gasteiger partial charge in [0.2, 0.25) is 0 Å². The van der Waals surface area contributed by atoms with Gasteiger partial charge in [0.05, 0.1) is 17.2 Å². The summed E-state index contributed by atoms with van der Waals surface area (Å²) in [5.74, 6) is 0. The molecule has 2 bridgehead atoms. The van der Waals surface area contributed by atoms with Crippen LogP contribution in [0, 0.1) is 11.3 Å². The summed E-state index contributed by atoms with van der Waals surface area (Å²) in [6, 6.07) is 16.4. The Hall–Kier alpha value is -2.58. The van der Waals surface area contributed by atoms with Gasteiger partial charge >= 0.3 is 6.18 Å². The molecule has 0 amide bonds. The number of nitriles is 1. The fraction of sp³-hybridized carbons (Fsp3) is 0.348. The summed E-state index contributed by atoms with van der Waals surface area (Å²) in [6.07, 6.45) is 1.22. The van der Waals surface area contributed by atoms with Gasteiger partial charge < -0.3 is 0 Å². The molecule has 0 radical (unpaired) electrons. The van der Waals surface area contributed by atoms with Gasteiger partial charge in [-0.3, -0.25) is 4.90 Å². The predicted molar refractivity (Wildman–Crippen MR) is 102 cm³/mol. The fourth-order valence-corrected chi connectivity index (χ4v) is 4.49. The first-order chi connectivity index (χ1) is 13.5. The Morgan fingerprint density at radius 2 is 1.86 bits per heavy atom. The summed E-state index contributed by atoms with van der Waals surface area (Å²) in [6.45, 7) is 0.819. The largest absolute Gasteiger partial charge is 0.417 e. The number of nitrogens with zero attached hydrogens (tertiary/aromatic N) is 2. The second-order valence-corrected chi connectivity index (χ2v) is 7.58. The first-order valence-electron chi connectivity index (χ1n) is 9.58. The summed E-state index contributed by atoms with van der Waals surface area (Å²) in [7, 11) is 0. The van der Waals surface area contributed by atoms with Crippen LogP contribution in [0.3, 0.4) is 0 Å². The first kappa shape index (κ1) is 18.8. The molecule has 0 aromatic heterocycles. The van der Waals surface area contributed by atoms with Crippen LogP contribution in [0.15, 0.2) is 54.6 Å². The number of halogens is 3. The van der Waals surface area contributed by atoms with Gasteiger partial charge in [-0.2, -0.15) is 18.4 Å². The lowest BCUT2D eigenvalue weighted by atomic mass is 9.81. The van der Waals surface area contributed by atoms with Crippen molar-refractivity contribution >= 4 is 5.57 Å². The summed E-state index contributed by atoms with van der Waals surface area (Å²) in [4.78, 5) is 2.43. The molecule has 2 unspecified atom stereocenters. The van der Waals surface area contributed by atoms with E-state index in [1.165, 1.54) is 17.7 Å². The summed E-state index contributed by atoms with van der Waals surface area (Å²) >= 11 is 0. The third kappa shape index (κ3) is 3.70. The molecule has 0 N–H and O–H groups in total. The van der Waals surface area contributed by atoms with E-state index in [9.17, 15) is 13.2 Å². The molecule has 5 heteroatoms. The van der Waals surface area contributed by atoms with Crippen LogP contribution < -0.4 is 0 Å². The lowest BCUT2D eigenvalue weighted by Crippen LogP contribution is -2.47. The minimum atomic E-state index is -4.47. The lowest BCUT2D eigenvalue weighted by Gasteiger charge is -2.45. The van der Waals surface area contributed by atoms with Gasteiger partial charge in [-0.15, -0.1) is 0 Å². The Kier molecular flexibility index (Phi) is 4.99. The maximum atomic E-state index is 13.6. The van der Waals surface area contributed by atoms with E-state index in [0.717, 1.165) is 37.4 Å². The van der Waals surface area contributed by atoms with Crippen molar-refractivity contribution in [1.82, 2.24) is 4.90 Å². The highest BCUT2D eigenvalue weighted by molar-refractivity contribution is 5.71. The van der Waals surface area contributed by atoms with Gasteiger partial charge in [0.1, 0.15) is 0 Å². The van der Waals surface area contributed by atoms with Gasteiger partial charge in [0.25, 0.3) is 0 Å². The van der Waals surface area contributed by atoms with Crippen molar-refractivity contribution < 1.29 is 13.2 Å². The lowest BCUT2D eigenvalue weighted by molar-refractivity contribution is -0.137. The standard InChI is InChI=1S/C23H21F3N2/c24-23(25,26)22-11-17(14-27)9-10-21(22)18-12-19-7-4-8-20(13-18)28(19)15-16-5-2-1-3-6-16/h1-3,5-6,9-12,19-20H,4,7-8,13,15H2. The Morgan fingerprint density at radius 3 is 2.54 bits per heavy atom. The van der Waals surface area contributed by atoms with Gasteiger partial charge in [-0.25, -0.2) is 0 Å². The van der Waals surface area contributed by atoms with Gasteiger partial charge in [-0.05, 0) is 48.1 Å². The van der Waals surface area contributed by atoms with Crippen molar-refractivity contribution in [3.63, 3.8) is 0 Å². The molecule has 2 atom stereocenters. The minimum Gasteiger partial charge on any atom is -0.289 e. The van der Waals surface area contributed by atoms with Gasteiger partial charge in [-0.1, -0.05) is 48.9 Å². The molecule has 28 heavy (non-hydrogen) atoms. The van der Waals surface area contributed by atoms with Crippen LogP contribution in [0.1, 0.15) is 47.9 Å². The molecule has 0 saturated carbocycles. The van der Waals surface area contributed by atoms with Crippen molar-refractivity contribution in [2.24, 2.45) is 0 Å². The molecule has 2 aromatic carbocycles. The van der Waals surface area contributed by atoms with Gasteiger partial charge in [0.15, 0.2) is 0 Å². The monoisotopic (exact) mass is 382 g/mol. The second kappa shape index (κ2) is 7.44. The number of piperidine rings is 1. The predicted octanol–water partition coefficient (Wildman–Crippen LogP) is 5.79. The zero-order valence-corrected chi connectivity index (χ0v) is 15.4. The Balaban J connectivity index is 1.69. The average Bonchev–Trinajstić information content (AvgIpc) is 2.67. The molecule has 144 valence electrons. The molecule has 2 aliphatic rings. The van der Waals surface area contributed by atoms with E-state index < -0.39 is 11.7 Å². The number of hydrogen-bond acceptors (Lipinski definition) is 2. The normalized spacial score (nSPS) is 22.4.